The molecule has 2 aliphatic carbocycles. The minimum atomic E-state index is -0.966. The number of carboxylic acid groups (broad SMARTS) is 1. The lowest BCUT2D eigenvalue weighted by Crippen LogP contribution is -2.38. The average molecular weight is 462 g/mol. The summed E-state index contributed by atoms with van der Waals surface area (Å²) < 4.78 is 1.94. The summed E-state index contributed by atoms with van der Waals surface area (Å²) in [6.45, 7) is 1.30. The summed E-state index contributed by atoms with van der Waals surface area (Å²) in [5, 5.41) is 23.0. The van der Waals surface area contributed by atoms with Crippen molar-refractivity contribution in [2.45, 2.75) is 63.5 Å². The third-order valence-corrected chi connectivity index (χ3v) is 6.64. The number of amides is 1. The summed E-state index contributed by atoms with van der Waals surface area (Å²) in [6, 6.07) is 0.801. The van der Waals surface area contributed by atoms with Crippen molar-refractivity contribution in [1.29, 1.82) is 0 Å². The van der Waals surface area contributed by atoms with Gasteiger partial charge >= 0.3 is 6.09 Å². The third kappa shape index (κ3) is 6.10. The van der Waals surface area contributed by atoms with E-state index in [9.17, 15) is 4.79 Å². The zero-order valence-corrected chi connectivity index (χ0v) is 19.2. The standard InChI is InChI=1S/C22H32ClN7O2/c1-30-19(11-14-3-4-14)17(12-27-30)20-18(23)13-26-21(29-20)28-16-7-5-15(6-8-16)24-9-2-10-25-22(31)32/h12-16,24-25H,2-11H2,1H3,(H,31,32)(H,26,28,29)/t15-,16-. The van der Waals surface area contributed by atoms with Crippen molar-refractivity contribution >= 4 is 23.6 Å². The summed E-state index contributed by atoms with van der Waals surface area (Å²) in [5.74, 6) is 1.36. The normalized spacial score (nSPS) is 20.8. The molecule has 10 heteroatoms. The number of aryl methyl sites for hydroxylation is 1. The Labute approximate surface area is 193 Å². The van der Waals surface area contributed by atoms with Crippen molar-refractivity contribution in [3.05, 3.63) is 23.1 Å². The van der Waals surface area contributed by atoms with E-state index in [0.29, 0.717) is 29.6 Å². The summed E-state index contributed by atoms with van der Waals surface area (Å²) in [5.41, 5.74) is 2.93. The fourth-order valence-corrected chi connectivity index (χ4v) is 4.53. The first kappa shape index (κ1) is 22.8. The highest BCUT2D eigenvalue weighted by atomic mass is 35.5. The van der Waals surface area contributed by atoms with E-state index >= 15 is 0 Å². The Morgan fingerprint density at radius 1 is 1.16 bits per heavy atom. The van der Waals surface area contributed by atoms with Crippen molar-refractivity contribution in [1.82, 2.24) is 30.4 Å². The van der Waals surface area contributed by atoms with Crippen LogP contribution in [0.1, 0.15) is 50.6 Å². The molecule has 0 bridgehead atoms. The van der Waals surface area contributed by atoms with Gasteiger partial charge in [-0.1, -0.05) is 11.6 Å². The van der Waals surface area contributed by atoms with Crippen LogP contribution in [0, 0.1) is 5.92 Å². The second-order valence-electron chi connectivity index (χ2n) is 8.90. The van der Waals surface area contributed by atoms with E-state index in [1.165, 1.54) is 18.5 Å². The fourth-order valence-electron chi connectivity index (χ4n) is 4.34. The third-order valence-electron chi connectivity index (χ3n) is 6.36. The van der Waals surface area contributed by atoms with Gasteiger partial charge in [0.05, 0.1) is 23.1 Å². The van der Waals surface area contributed by atoms with E-state index < -0.39 is 6.09 Å². The van der Waals surface area contributed by atoms with Crippen LogP contribution < -0.4 is 16.0 Å². The molecule has 0 aliphatic heterocycles. The molecular weight excluding hydrogens is 430 g/mol. The van der Waals surface area contributed by atoms with Crippen LogP contribution in [-0.2, 0) is 13.5 Å². The Morgan fingerprint density at radius 3 is 2.62 bits per heavy atom. The number of nitrogens with zero attached hydrogens (tertiary/aromatic N) is 4. The summed E-state index contributed by atoms with van der Waals surface area (Å²) in [7, 11) is 1.98. The minimum absolute atomic E-state index is 0.329. The highest BCUT2D eigenvalue weighted by Gasteiger charge is 2.26. The number of aromatic nitrogens is 4. The SMILES string of the molecule is Cn1ncc(-c2nc(N[C@H]3CC[C@H](NCCCNC(=O)O)CC3)ncc2Cl)c1CC1CC1. The topological polar surface area (TPSA) is 117 Å². The molecule has 2 aliphatic rings. The Kier molecular flexibility index (Phi) is 7.47. The predicted molar refractivity (Wildman–Crippen MR) is 124 cm³/mol. The molecule has 2 saturated carbocycles. The zero-order chi connectivity index (χ0) is 22.5. The lowest BCUT2D eigenvalue weighted by molar-refractivity contribution is 0.194. The van der Waals surface area contributed by atoms with E-state index in [0.717, 1.165) is 62.2 Å². The molecular formula is C22H32ClN7O2. The van der Waals surface area contributed by atoms with Crippen LogP contribution in [0.2, 0.25) is 5.02 Å². The molecule has 4 N–H and O–H groups in total. The van der Waals surface area contributed by atoms with Crippen LogP contribution in [0.5, 0.6) is 0 Å². The summed E-state index contributed by atoms with van der Waals surface area (Å²) in [6.07, 6.45) is 11.2. The van der Waals surface area contributed by atoms with Gasteiger partial charge < -0.3 is 21.1 Å². The first-order valence-electron chi connectivity index (χ1n) is 11.5. The molecule has 2 heterocycles. The first-order chi connectivity index (χ1) is 15.5. The van der Waals surface area contributed by atoms with E-state index in [-0.39, 0.29) is 0 Å². The van der Waals surface area contributed by atoms with Gasteiger partial charge in [0.1, 0.15) is 0 Å². The van der Waals surface area contributed by atoms with Crippen molar-refractivity contribution < 1.29 is 9.90 Å². The van der Waals surface area contributed by atoms with Crippen LogP contribution in [0.25, 0.3) is 11.3 Å². The minimum Gasteiger partial charge on any atom is -0.465 e. The highest BCUT2D eigenvalue weighted by molar-refractivity contribution is 6.32. The van der Waals surface area contributed by atoms with Gasteiger partial charge in [0.2, 0.25) is 5.95 Å². The molecule has 174 valence electrons. The van der Waals surface area contributed by atoms with Crippen LogP contribution in [0.4, 0.5) is 10.7 Å². The molecule has 0 aromatic carbocycles. The van der Waals surface area contributed by atoms with Crippen LogP contribution in [0.3, 0.4) is 0 Å². The second-order valence-corrected chi connectivity index (χ2v) is 9.31. The molecule has 32 heavy (non-hydrogen) atoms. The van der Waals surface area contributed by atoms with Crippen molar-refractivity contribution in [2.75, 3.05) is 18.4 Å². The number of carbonyl (C=O) groups is 1. The smallest absolute Gasteiger partial charge is 0.404 e. The Bertz CT molecular complexity index is 923. The lowest BCUT2D eigenvalue weighted by Gasteiger charge is -2.30. The predicted octanol–water partition coefficient (Wildman–Crippen LogP) is 3.45. The van der Waals surface area contributed by atoms with Gasteiger partial charge in [-0.15, -0.1) is 0 Å². The summed E-state index contributed by atoms with van der Waals surface area (Å²) in [4.78, 5) is 19.7. The Hall–Kier alpha value is -2.39. The number of halogens is 1. The number of nitrogens with one attached hydrogen (secondary N) is 3. The first-order valence-corrected chi connectivity index (χ1v) is 11.9. The van der Waals surface area contributed by atoms with Crippen LogP contribution in [0.15, 0.2) is 12.4 Å². The summed E-state index contributed by atoms with van der Waals surface area (Å²) >= 11 is 6.48. The zero-order valence-electron chi connectivity index (χ0n) is 18.5. The van der Waals surface area contributed by atoms with Gasteiger partial charge in [-0.25, -0.2) is 14.8 Å². The molecule has 0 unspecified atom stereocenters. The molecule has 9 nitrogen and oxygen atoms in total. The molecule has 0 atom stereocenters. The number of rotatable bonds is 10. The van der Waals surface area contributed by atoms with Crippen molar-refractivity contribution in [2.24, 2.45) is 13.0 Å². The van der Waals surface area contributed by atoms with E-state index in [1.807, 2.05) is 17.9 Å². The maximum absolute atomic E-state index is 10.5. The number of hydrogen-bond donors (Lipinski definition) is 4. The van der Waals surface area contributed by atoms with Crippen LogP contribution in [-0.4, -0.2) is 56.1 Å². The Balaban J connectivity index is 1.30. The van der Waals surface area contributed by atoms with Gasteiger partial charge in [-0.2, -0.15) is 5.10 Å². The molecule has 0 radical (unpaired) electrons. The van der Waals surface area contributed by atoms with Crippen LogP contribution >= 0.6 is 11.6 Å². The van der Waals surface area contributed by atoms with Crippen molar-refractivity contribution in [3.8, 4) is 11.3 Å². The molecule has 2 aromatic heterocycles. The maximum Gasteiger partial charge on any atom is 0.404 e. The highest BCUT2D eigenvalue weighted by Crippen LogP contribution is 2.37. The number of anilines is 1. The average Bonchev–Trinajstić information content (AvgIpc) is 3.52. The second kappa shape index (κ2) is 10.5. The van der Waals surface area contributed by atoms with E-state index in [4.69, 9.17) is 21.7 Å². The van der Waals surface area contributed by atoms with E-state index in [2.05, 4.69) is 26.0 Å². The van der Waals surface area contributed by atoms with E-state index in [1.54, 1.807) is 6.20 Å². The fraction of sp³-hybridized carbons (Fsp3) is 0.636. The van der Waals surface area contributed by atoms with Gasteiger partial charge in [-0.3, -0.25) is 4.68 Å². The molecule has 0 saturated heterocycles. The lowest BCUT2D eigenvalue weighted by atomic mass is 9.91. The van der Waals surface area contributed by atoms with Gasteiger partial charge in [0.15, 0.2) is 0 Å². The molecule has 1 amide bonds. The van der Waals surface area contributed by atoms with Gasteiger partial charge in [-0.05, 0) is 63.8 Å². The molecule has 2 fully saturated rings. The quantitative estimate of drug-likeness (QED) is 0.400. The number of hydrogen-bond acceptors (Lipinski definition) is 6. The maximum atomic E-state index is 10.5. The molecule has 2 aromatic rings. The largest absolute Gasteiger partial charge is 0.465 e. The van der Waals surface area contributed by atoms with Crippen molar-refractivity contribution in [3.63, 3.8) is 0 Å². The Morgan fingerprint density at radius 2 is 1.91 bits per heavy atom. The van der Waals surface area contributed by atoms with Gasteiger partial charge in [0.25, 0.3) is 0 Å². The molecule has 4 rings (SSSR count). The monoisotopic (exact) mass is 461 g/mol. The van der Waals surface area contributed by atoms with Gasteiger partial charge in [0, 0.05) is 36.9 Å². The molecule has 0 spiro atoms.